The molecule has 0 fully saturated rings. The third-order valence-electron chi connectivity index (χ3n) is 4.05. The largest absolute Gasteiger partial charge is 0.497 e. The third-order valence-corrected chi connectivity index (χ3v) is 4.92. The minimum absolute atomic E-state index is 0.677. The van der Waals surface area contributed by atoms with Crippen LogP contribution in [0.25, 0.3) is 17.1 Å². The fourth-order valence-corrected chi connectivity index (χ4v) is 3.48. The topological polar surface area (TPSA) is 52.3 Å². The van der Waals surface area contributed by atoms with Gasteiger partial charge in [0.15, 0.2) is 5.82 Å². The van der Waals surface area contributed by atoms with Gasteiger partial charge < -0.3 is 4.74 Å². The number of methoxy groups -OCH3 is 1. The van der Waals surface area contributed by atoms with Gasteiger partial charge in [0.05, 0.1) is 7.11 Å². The Balaban J connectivity index is 1.56. The van der Waals surface area contributed by atoms with E-state index in [9.17, 15) is 0 Å². The number of benzene rings is 2. The Bertz CT molecular complexity index is 1060. The Morgan fingerprint density at radius 1 is 1.08 bits per heavy atom. The van der Waals surface area contributed by atoms with Crippen LogP contribution in [-0.2, 0) is 6.42 Å². The summed E-state index contributed by atoms with van der Waals surface area (Å²) in [5.41, 5.74) is 3.55. The molecule has 0 atom stereocenters. The molecule has 2 heterocycles. The molecule has 0 saturated heterocycles. The highest BCUT2D eigenvalue weighted by Crippen LogP contribution is 2.19. The molecule has 5 nitrogen and oxygen atoms in total. The molecule has 0 N–H and O–H groups in total. The summed E-state index contributed by atoms with van der Waals surface area (Å²) in [6, 6.07) is 16.3. The first kappa shape index (κ1) is 16.5. The van der Waals surface area contributed by atoms with Gasteiger partial charge in [-0.05, 0) is 36.3 Å². The van der Waals surface area contributed by atoms with Crippen LogP contribution >= 0.6 is 11.3 Å². The van der Waals surface area contributed by atoms with Crippen LogP contribution in [0, 0.1) is 6.92 Å². The lowest BCUT2D eigenvalue weighted by Crippen LogP contribution is -1.97. The number of aromatic nitrogens is 4. The smallest absolute Gasteiger partial charge is 0.234 e. The summed E-state index contributed by atoms with van der Waals surface area (Å²) in [6.45, 7) is 2.09. The normalized spacial score (nSPS) is 11.5. The van der Waals surface area contributed by atoms with Crippen LogP contribution < -0.4 is 4.74 Å². The molecular weight excluding hydrogens is 344 g/mol. The van der Waals surface area contributed by atoms with Gasteiger partial charge in [0.1, 0.15) is 10.8 Å². The lowest BCUT2D eigenvalue weighted by Gasteiger charge is -2.01. The average Bonchev–Trinajstić information content (AvgIpc) is 3.22. The molecule has 0 saturated carbocycles. The van der Waals surface area contributed by atoms with Crippen LogP contribution in [0.15, 0.2) is 48.5 Å². The quantitative estimate of drug-likeness (QED) is 0.532. The van der Waals surface area contributed by atoms with E-state index in [1.165, 1.54) is 16.9 Å². The van der Waals surface area contributed by atoms with Crippen molar-refractivity contribution in [3.8, 4) is 5.75 Å². The van der Waals surface area contributed by atoms with Crippen molar-refractivity contribution in [1.82, 2.24) is 19.8 Å². The second-order valence-electron chi connectivity index (χ2n) is 6.02. The van der Waals surface area contributed by atoms with Crippen molar-refractivity contribution >= 4 is 28.4 Å². The molecule has 2 aromatic carbocycles. The standard InChI is InChI=1S/C20H18N4OS/c1-14-4-3-5-15(12-14)8-11-19-23-24-18(21-22-20(24)26-19)13-16-6-9-17(25-2)10-7-16/h3-12H,13H2,1-2H3. The first-order valence-corrected chi connectivity index (χ1v) is 9.12. The summed E-state index contributed by atoms with van der Waals surface area (Å²) < 4.78 is 7.02. The maximum absolute atomic E-state index is 5.20. The zero-order valence-corrected chi connectivity index (χ0v) is 15.4. The second kappa shape index (κ2) is 7.09. The minimum Gasteiger partial charge on any atom is -0.497 e. The predicted molar refractivity (Wildman–Crippen MR) is 105 cm³/mol. The van der Waals surface area contributed by atoms with E-state index in [2.05, 4.69) is 52.6 Å². The van der Waals surface area contributed by atoms with E-state index < -0.39 is 0 Å². The number of hydrogen-bond acceptors (Lipinski definition) is 5. The van der Waals surface area contributed by atoms with Crippen molar-refractivity contribution in [3.63, 3.8) is 0 Å². The van der Waals surface area contributed by atoms with Gasteiger partial charge in [-0.15, -0.1) is 10.2 Å². The molecule has 0 spiro atoms. The Kier molecular flexibility index (Phi) is 4.50. The molecule has 0 aliphatic carbocycles. The number of ether oxygens (including phenoxy) is 1. The number of fused-ring (bicyclic) bond motifs is 1. The van der Waals surface area contributed by atoms with Crippen LogP contribution in [0.3, 0.4) is 0 Å². The molecule has 0 bridgehead atoms. The maximum atomic E-state index is 5.20. The van der Waals surface area contributed by atoms with Gasteiger partial charge in [0, 0.05) is 6.42 Å². The summed E-state index contributed by atoms with van der Waals surface area (Å²) in [4.78, 5) is 0.803. The Hall–Kier alpha value is -2.99. The molecule has 0 radical (unpaired) electrons. The van der Waals surface area contributed by atoms with E-state index >= 15 is 0 Å². The lowest BCUT2D eigenvalue weighted by atomic mass is 10.1. The number of aryl methyl sites for hydroxylation is 1. The molecule has 4 aromatic rings. The van der Waals surface area contributed by atoms with Gasteiger partial charge in [-0.1, -0.05) is 59.4 Å². The monoisotopic (exact) mass is 362 g/mol. The highest BCUT2D eigenvalue weighted by molar-refractivity contribution is 7.17. The van der Waals surface area contributed by atoms with E-state index in [0.29, 0.717) is 6.42 Å². The van der Waals surface area contributed by atoms with Crippen LogP contribution in [0.1, 0.15) is 27.5 Å². The van der Waals surface area contributed by atoms with Gasteiger partial charge in [0.25, 0.3) is 0 Å². The summed E-state index contributed by atoms with van der Waals surface area (Å²) in [6.07, 6.45) is 4.77. The van der Waals surface area contributed by atoms with E-state index in [4.69, 9.17) is 4.74 Å². The number of nitrogens with zero attached hydrogens (tertiary/aromatic N) is 4. The summed E-state index contributed by atoms with van der Waals surface area (Å²) in [5, 5.41) is 14.1. The summed E-state index contributed by atoms with van der Waals surface area (Å²) >= 11 is 1.53. The summed E-state index contributed by atoms with van der Waals surface area (Å²) in [7, 11) is 1.66. The van der Waals surface area contributed by atoms with Crippen molar-refractivity contribution in [2.45, 2.75) is 13.3 Å². The van der Waals surface area contributed by atoms with E-state index in [-0.39, 0.29) is 0 Å². The van der Waals surface area contributed by atoms with Crippen LogP contribution in [0.5, 0.6) is 5.75 Å². The molecule has 2 aromatic heterocycles. The number of rotatable bonds is 5. The van der Waals surface area contributed by atoms with Crippen LogP contribution in [0.4, 0.5) is 0 Å². The van der Waals surface area contributed by atoms with Crippen molar-refractivity contribution in [2.75, 3.05) is 7.11 Å². The number of hydrogen-bond donors (Lipinski definition) is 0. The van der Waals surface area contributed by atoms with Gasteiger partial charge in [-0.3, -0.25) is 0 Å². The highest BCUT2D eigenvalue weighted by Gasteiger charge is 2.11. The van der Waals surface area contributed by atoms with Gasteiger partial charge in [-0.25, -0.2) is 0 Å². The summed E-state index contributed by atoms with van der Waals surface area (Å²) in [5.74, 6) is 1.67. The Morgan fingerprint density at radius 3 is 2.69 bits per heavy atom. The van der Waals surface area contributed by atoms with Crippen LogP contribution in [-0.4, -0.2) is 26.9 Å². The Morgan fingerprint density at radius 2 is 1.92 bits per heavy atom. The predicted octanol–water partition coefficient (Wildman–Crippen LogP) is 4.26. The molecule has 6 heteroatoms. The Labute approximate surface area is 155 Å². The fourth-order valence-electron chi connectivity index (χ4n) is 2.72. The second-order valence-corrected chi connectivity index (χ2v) is 7.01. The maximum Gasteiger partial charge on any atom is 0.234 e. The van der Waals surface area contributed by atoms with Crippen molar-refractivity contribution in [3.05, 3.63) is 76.1 Å². The van der Waals surface area contributed by atoms with E-state index in [1.54, 1.807) is 7.11 Å². The molecular formula is C20H18N4OS. The SMILES string of the molecule is COc1ccc(Cc2nnc3sc(C=Cc4cccc(C)c4)nn23)cc1. The van der Waals surface area contributed by atoms with E-state index in [0.717, 1.165) is 32.7 Å². The highest BCUT2D eigenvalue weighted by atomic mass is 32.1. The minimum atomic E-state index is 0.677. The molecule has 0 aliphatic rings. The van der Waals surface area contributed by atoms with Crippen molar-refractivity contribution in [1.29, 1.82) is 0 Å². The van der Waals surface area contributed by atoms with Gasteiger partial charge >= 0.3 is 0 Å². The average molecular weight is 362 g/mol. The fraction of sp³-hybridized carbons (Fsp3) is 0.150. The molecule has 0 unspecified atom stereocenters. The molecule has 0 aliphatic heterocycles. The first-order valence-electron chi connectivity index (χ1n) is 8.30. The third kappa shape index (κ3) is 3.50. The molecule has 0 amide bonds. The van der Waals surface area contributed by atoms with Crippen LogP contribution in [0.2, 0.25) is 0 Å². The van der Waals surface area contributed by atoms with Crippen molar-refractivity contribution in [2.24, 2.45) is 0 Å². The zero-order valence-electron chi connectivity index (χ0n) is 14.6. The van der Waals surface area contributed by atoms with Crippen molar-refractivity contribution < 1.29 is 4.74 Å². The molecule has 26 heavy (non-hydrogen) atoms. The van der Waals surface area contributed by atoms with Gasteiger partial charge in [0.2, 0.25) is 4.96 Å². The van der Waals surface area contributed by atoms with Gasteiger partial charge in [-0.2, -0.15) is 9.61 Å². The molecule has 4 rings (SSSR count). The van der Waals surface area contributed by atoms with E-state index in [1.807, 2.05) is 34.9 Å². The first-order chi connectivity index (χ1) is 12.7. The zero-order chi connectivity index (χ0) is 17.9. The molecule has 130 valence electrons. The lowest BCUT2D eigenvalue weighted by molar-refractivity contribution is 0.414.